The first kappa shape index (κ1) is 17.2. The van der Waals surface area contributed by atoms with E-state index in [9.17, 15) is 14.2 Å². The van der Waals surface area contributed by atoms with E-state index in [-0.39, 0.29) is 25.7 Å². The molecule has 9 heteroatoms. The van der Waals surface area contributed by atoms with Gasteiger partial charge in [-0.25, -0.2) is 9.59 Å². The fraction of sp³-hybridized carbons (Fsp3) is 0.286. The van der Waals surface area contributed by atoms with Crippen LogP contribution < -0.4 is 16.3 Å². The molecule has 2 rings (SSSR count). The number of benzene rings is 1. The second-order valence-electron chi connectivity index (χ2n) is 4.95. The Morgan fingerprint density at radius 3 is 2.70 bits per heavy atom. The first-order chi connectivity index (χ1) is 10.8. The molecule has 2 aromatic rings. The van der Waals surface area contributed by atoms with Crippen molar-refractivity contribution in [2.75, 3.05) is 12.7 Å². The molecule has 0 spiro atoms. The number of hydrogen-bond acceptors (Lipinski definition) is 4. The molecule has 0 unspecified atom stereocenters. The predicted octanol–water partition coefficient (Wildman–Crippen LogP) is 1.16. The van der Waals surface area contributed by atoms with Crippen LogP contribution in [-0.2, 0) is 11.1 Å². The minimum atomic E-state index is -4.04. The van der Waals surface area contributed by atoms with E-state index in [1.54, 1.807) is 24.3 Å². The Bertz CT molecular complexity index is 797. The lowest BCUT2D eigenvalue weighted by molar-refractivity contribution is 0.240. The zero-order chi connectivity index (χ0) is 16.9. The molecule has 4 N–H and O–H groups in total. The third-order valence-electron chi connectivity index (χ3n) is 3.06. The summed E-state index contributed by atoms with van der Waals surface area (Å²) in [6.07, 6.45) is -0.128. The van der Waals surface area contributed by atoms with E-state index in [4.69, 9.17) is 14.2 Å². The highest BCUT2D eigenvalue weighted by molar-refractivity contribution is 7.51. The first-order valence-electron chi connectivity index (χ1n) is 6.93. The van der Waals surface area contributed by atoms with Gasteiger partial charge in [-0.1, -0.05) is 18.2 Å². The Hall–Kier alpha value is -2.15. The number of fused-ring (bicyclic) bond motifs is 1. The van der Waals surface area contributed by atoms with Crippen molar-refractivity contribution in [1.29, 1.82) is 0 Å². The lowest BCUT2D eigenvalue weighted by Crippen LogP contribution is -2.36. The van der Waals surface area contributed by atoms with Gasteiger partial charge < -0.3 is 24.8 Å². The highest BCUT2D eigenvalue weighted by Crippen LogP contribution is 2.34. The van der Waals surface area contributed by atoms with E-state index >= 15 is 0 Å². The van der Waals surface area contributed by atoms with Crippen molar-refractivity contribution in [2.45, 2.75) is 13.0 Å². The molecule has 0 aliphatic rings. The molecule has 1 aromatic carbocycles. The number of urea groups is 1. The van der Waals surface area contributed by atoms with Gasteiger partial charge in [-0.15, -0.1) is 0 Å². The zero-order valence-corrected chi connectivity index (χ0v) is 13.1. The maximum atomic E-state index is 11.8. The van der Waals surface area contributed by atoms with Gasteiger partial charge in [0.1, 0.15) is 5.58 Å². The molecule has 8 nitrogen and oxygen atoms in total. The van der Waals surface area contributed by atoms with Gasteiger partial charge in [0.2, 0.25) is 0 Å². The molecule has 0 aliphatic carbocycles. The third kappa shape index (κ3) is 5.52. The van der Waals surface area contributed by atoms with Gasteiger partial charge in [-0.05, 0) is 18.6 Å². The Balaban J connectivity index is 1.86. The number of hydrogen-bond donors (Lipinski definition) is 4. The van der Waals surface area contributed by atoms with Crippen LogP contribution in [0.2, 0.25) is 0 Å². The minimum Gasteiger partial charge on any atom is -0.422 e. The van der Waals surface area contributed by atoms with Crippen LogP contribution in [0.15, 0.2) is 39.5 Å². The number of rotatable bonds is 6. The topological polar surface area (TPSA) is 129 Å². The average Bonchev–Trinajstić information content (AvgIpc) is 2.48. The monoisotopic (exact) mass is 340 g/mol. The molecular formula is C14H17N2O6P. The molecule has 0 aliphatic heterocycles. The summed E-state index contributed by atoms with van der Waals surface area (Å²) < 4.78 is 15.8. The van der Waals surface area contributed by atoms with Crippen molar-refractivity contribution >= 4 is 24.6 Å². The van der Waals surface area contributed by atoms with Crippen LogP contribution in [0.5, 0.6) is 0 Å². The summed E-state index contributed by atoms with van der Waals surface area (Å²) >= 11 is 0. The maximum Gasteiger partial charge on any atom is 0.341 e. The molecule has 0 fully saturated rings. The van der Waals surface area contributed by atoms with Gasteiger partial charge in [0, 0.05) is 11.9 Å². The van der Waals surface area contributed by atoms with Crippen molar-refractivity contribution in [2.24, 2.45) is 0 Å². The largest absolute Gasteiger partial charge is 0.422 e. The Kier molecular flexibility index (Phi) is 5.54. The molecule has 124 valence electrons. The summed E-state index contributed by atoms with van der Waals surface area (Å²) in [6, 6.07) is 8.17. The molecule has 0 saturated carbocycles. The van der Waals surface area contributed by atoms with Gasteiger partial charge in [-0.2, -0.15) is 0 Å². The molecule has 0 bridgehead atoms. The fourth-order valence-corrected chi connectivity index (χ4v) is 2.52. The van der Waals surface area contributed by atoms with E-state index < -0.39 is 19.3 Å². The van der Waals surface area contributed by atoms with E-state index in [0.29, 0.717) is 11.1 Å². The average molecular weight is 340 g/mol. The fourth-order valence-electron chi connectivity index (χ4n) is 1.95. The van der Waals surface area contributed by atoms with Crippen LogP contribution in [0.3, 0.4) is 0 Å². The normalized spacial score (nSPS) is 11.4. The summed E-state index contributed by atoms with van der Waals surface area (Å²) in [5.74, 6) is 0. The van der Waals surface area contributed by atoms with Crippen LogP contribution in [0.25, 0.3) is 11.0 Å². The first-order valence-corrected chi connectivity index (χ1v) is 8.73. The highest BCUT2D eigenvalue weighted by atomic mass is 31.2. The Morgan fingerprint density at radius 2 is 1.96 bits per heavy atom. The van der Waals surface area contributed by atoms with Crippen LogP contribution in [-0.4, -0.2) is 28.5 Å². The third-order valence-corrected chi connectivity index (χ3v) is 3.96. The number of nitrogens with one attached hydrogen (secondary N) is 2. The van der Waals surface area contributed by atoms with Gasteiger partial charge >= 0.3 is 19.3 Å². The lowest BCUT2D eigenvalue weighted by atomic mass is 10.2. The second-order valence-corrected chi connectivity index (χ2v) is 6.72. The van der Waals surface area contributed by atoms with Gasteiger partial charge in [-0.3, -0.25) is 4.57 Å². The van der Waals surface area contributed by atoms with Crippen molar-refractivity contribution in [3.63, 3.8) is 0 Å². The standard InChI is InChI=1S/C14H17N2O6P/c17-13-11(8-10-4-1-2-5-12(10)22-13)9-16-14(18)15-6-3-7-23(19,20)21/h1-2,4-5,8H,3,6-7,9H2,(H2,15,16,18)(H2,19,20,21). The van der Waals surface area contributed by atoms with Crippen molar-refractivity contribution < 1.29 is 23.6 Å². The minimum absolute atomic E-state index is 0.00249. The second kappa shape index (κ2) is 7.41. The molecule has 2 amide bonds. The Morgan fingerprint density at radius 1 is 1.22 bits per heavy atom. The van der Waals surface area contributed by atoms with Crippen LogP contribution in [0, 0.1) is 0 Å². The van der Waals surface area contributed by atoms with Crippen molar-refractivity contribution in [3.05, 3.63) is 46.3 Å². The van der Waals surface area contributed by atoms with E-state index in [0.717, 1.165) is 5.39 Å². The molecule has 23 heavy (non-hydrogen) atoms. The smallest absolute Gasteiger partial charge is 0.341 e. The SMILES string of the molecule is O=C(NCCCP(=O)(O)O)NCc1cc2ccccc2oc1=O. The maximum absolute atomic E-state index is 11.8. The lowest BCUT2D eigenvalue weighted by Gasteiger charge is -2.08. The van der Waals surface area contributed by atoms with Crippen LogP contribution >= 0.6 is 7.60 Å². The summed E-state index contributed by atoms with van der Waals surface area (Å²) in [5.41, 5.74) is 0.266. The van der Waals surface area contributed by atoms with Crippen LogP contribution in [0.1, 0.15) is 12.0 Å². The summed E-state index contributed by atoms with van der Waals surface area (Å²) in [7, 11) is -4.04. The van der Waals surface area contributed by atoms with Gasteiger partial charge in [0.05, 0.1) is 18.3 Å². The number of amides is 2. The van der Waals surface area contributed by atoms with Crippen LogP contribution in [0.4, 0.5) is 4.79 Å². The summed E-state index contributed by atoms with van der Waals surface area (Å²) in [6.45, 7) is 0.126. The quantitative estimate of drug-likeness (QED) is 0.355. The van der Waals surface area contributed by atoms with E-state index in [2.05, 4.69) is 10.6 Å². The van der Waals surface area contributed by atoms with Crippen molar-refractivity contribution in [3.8, 4) is 0 Å². The van der Waals surface area contributed by atoms with Gasteiger partial charge in [0.15, 0.2) is 0 Å². The molecular weight excluding hydrogens is 323 g/mol. The van der Waals surface area contributed by atoms with Gasteiger partial charge in [0.25, 0.3) is 0 Å². The number of para-hydroxylation sites is 1. The zero-order valence-electron chi connectivity index (χ0n) is 12.2. The summed E-state index contributed by atoms with van der Waals surface area (Å²) in [5, 5.41) is 5.71. The number of carbonyl (C=O) groups excluding carboxylic acids is 1. The molecule has 1 heterocycles. The molecule has 0 radical (unpaired) electrons. The highest BCUT2D eigenvalue weighted by Gasteiger charge is 2.12. The van der Waals surface area contributed by atoms with E-state index in [1.165, 1.54) is 0 Å². The molecule has 0 atom stereocenters. The summed E-state index contributed by atoms with van der Waals surface area (Å²) in [4.78, 5) is 40.7. The molecule has 0 saturated heterocycles. The van der Waals surface area contributed by atoms with Crippen molar-refractivity contribution in [1.82, 2.24) is 10.6 Å². The van der Waals surface area contributed by atoms with E-state index in [1.807, 2.05) is 6.07 Å². The predicted molar refractivity (Wildman–Crippen MR) is 84.3 cm³/mol. The number of carbonyl (C=O) groups is 1. The Labute approximate surface area is 131 Å². The molecule has 1 aromatic heterocycles.